The minimum atomic E-state index is 0.0434. The molecule has 3 nitrogen and oxygen atoms in total. The molecule has 1 heterocycles. The van der Waals surface area contributed by atoms with E-state index in [2.05, 4.69) is 52.0 Å². The number of para-hydroxylation sites is 2. The standard InChI is InChI=1S/C25H28N3.2ClH.Fe/c1-17-11-7-9-13-21(17)26-18(2)22-15-16-23(28-22)19(3)27-24-14-10-8-12-20(24)25(4,5)6;;;/h7-16H,1-6H3;2*1H;/q-1;;;+3/p-2. The Morgan fingerprint density at radius 2 is 1.23 bits per heavy atom. The Kier molecular flexibility index (Phi) is 9.58. The van der Waals surface area contributed by atoms with Crippen LogP contribution in [0.5, 0.6) is 0 Å². The van der Waals surface area contributed by atoms with Crippen molar-refractivity contribution in [3.8, 4) is 0 Å². The predicted molar refractivity (Wildman–Crippen MR) is 132 cm³/mol. The summed E-state index contributed by atoms with van der Waals surface area (Å²) < 4.78 is 0. The van der Waals surface area contributed by atoms with E-state index < -0.39 is 0 Å². The van der Waals surface area contributed by atoms with Gasteiger partial charge in [-0.15, -0.1) is 11.4 Å². The summed E-state index contributed by atoms with van der Waals surface area (Å²) in [6.07, 6.45) is 0. The van der Waals surface area contributed by atoms with Gasteiger partial charge in [-0.05, 0) is 49.4 Å². The molecule has 1 aromatic heterocycles. The average Bonchev–Trinajstić information content (AvgIpc) is 3.20. The molecule has 0 saturated heterocycles. The third-order valence-electron chi connectivity index (χ3n) is 4.79. The first-order valence-electron chi connectivity index (χ1n) is 9.92. The fourth-order valence-electron chi connectivity index (χ4n) is 3.14. The molecule has 0 aliphatic rings. The molecular formula is C25H28Cl2FeN3. The van der Waals surface area contributed by atoms with Crippen molar-refractivity contribution in [1.29, 1.82) is 0 Å². The van der Waals surface area contributed by atoms with Crippen molar-refractivity contribution in [3.63, 3.8) is 0 Å². The van der Waals surface area contributed by atoms with E-state index in [-0.39, 0.29) is 18.5 Å². The summed E-state index contributed by atoms with van der Waals surface area (Å²) in [6, 6.07) is 20.5. The van der Waals surface area contributed by atoms with Crippen LogP contribution in [-0.4, -0.2) is 11.4 Å². The zero-order chi connectivity index (χ0) is 23.0. The Balaban J connectivity index is 0.00000107. The zero-order valence-electron chi connectivity index (χ0n) is 18.7. The molecule has 31 heavy (non-hydrogen) atoms. The summed E-state index contributed by atoms with van der Waals surface area (Å²) in [5, 5.41) is 0. The van der Waals surface area contributed by atoms with Gasteiger partial charge in [-0.3, -0.25) is 9.98 Å². The van der Waals surface area contributed by atoms with Crippen molar-refractivity contribution in [2.75, 3.05) is 0 Å². The van der Waals surface area contributed by atoms with Crippen LogP contribution in [0.3, 0.4) is 0 Å². The van der Waals surface area contributed by atoms with Crippen LogP contribution in [0.1, 0.15) is 57.1 Å². The van der Waals surface area contributed by atoms with E-state index in [4.69, 9.17) is 35.2 Å². The van der Waals surface area contributed by atoms with Gasteiger partial charge in [0, 0.05) is 11.4 Å². The Morgan fingerprint density at radius 1 is 0.774 bits per heavy atom. The number of rotatable bonds is 4. The van der Waals surface area contributed by atoms with Crippen LogP contribution < -0.4 is 4.98 Å². The van der Waals surface area contributed by atoms with E-state index in [9.17, 15) is 0 Å². The molecule has 0 fully saturated rings. The summed E-state index contributed by atoms with van der Waals surface area (Å²) in [6.45, 7) is 12.7. The summed E-state index contributed by atoms with van der Waals surface area (Å²) in [5.41, 5.74) is 8.01. The number of aliphatic imine (C=N–C) groups is 2. The van der Waals surface area contributed by atoms with Crippen LogP contribution in [0.4, 0.5) is 11.4 Å². The zero-order valence-corrected chi connectivity index (χ0v) is 21.3. The normalized spacial score (nSPS) is 12.4. The molecule has 0 radical (unpaired) electrons. The van der Waals surface area contributed by atoms with E-state index in [0.717, 1.165) is 39.7 Å². The van der Waals surface area contributed by atoms with Crippen molar-refractivity contribution in [3.05, 3.63) is 83.2 Å². The number of hydrogen-bond donors (Lipinski definition) is 0. The van der Waals surface area contributed by atoms with Crippen LogP contribution in [-0.2, 0) is 18.5 Å². The van der Waals surface area contributed by atoms with E-state index >= 15 is 0 Å². The van der Waals surface area contributed by atoms with Gasteiger partial charge in [0.2, 0.25) is 0 Å². The molecule has 0 atom stereocenters. The summed E-state index contributed by atoms with van der Waals surface area (Å²) in [5.74, 6) is 0. The molecule has 6 heteroatoms. The third-order valence-corrected chi connectivity index (χ3v) is 4.79. The molecule has 0 bridgehead atoms. The average molecular weight is 497 g/mol. The molecule has 2 aromatic carbocycles. The topological polar surface area (TPSA) is 38.8 Å². The maximum atomic E-state index is 4.88. The minimum absolute atomic E-state index is 0.0434. The van der Waals surface area contributed by atoms with Crippen LogP contribution in [0.25, 0.3) is 0 Å². The van der Waals surface area contributed by atoms with Crippen molar-refractivity contribution in [1.82, 2.24) is 4.98 Å². The molecule has 3 aromatic rings. The Morgan fingerprint density at radius 3 is 1.74 bits per heavy atom. The second kappa shape index (κ2) is 11.7. The second-order valence-corrected chi connectivity index (χ2v) is 10.0. The first-order chi connectivity index (χ1) is 14.7. The van der Waals surface area contributed by atoms with Gasteiger partial charge in [0.25, 0.3) is 0 Å². The van der Waals surface area contributed by atoms with Gasteiger partial charge in [0.15, 0.2) is 0 Å². The Labute approximate surface area is 200 Å². The van der Waals surface area contributed by atoms with Gasteiger partial charge in [-0.2, -0.15) is 0 Å². The van der Waals surface area contributed by atoms with Gasteiger partial charge in [0.05, 0.1) is 11.4 Å². The number of aromatic nitrogens is 1. The molecular weight excluding hydrogens is 469 g/mol. The van der Waals surface area contributed by atoms with Crippen molar-refractivity contribution >= 4 is 43.0 Å². The monoisotopic (exact) mass is 496 g/mol. The fraction of sp³-hybridized carbons (Fsp3) is 0.280. The molecule has 0 saturated carbocycles. The number of halogens is 2. The van der Waals surface area contributed by atoms with E-state index in [0.29, 0.717) is 0 Å². The number of aryl methyl sites for hydroxylation is 1. The molecule has 3 rings (SSSR count). The van der Waals surface area contributed by atoms with E-state index in [1.54, 1.807) is 0 Å². The van der Waals surface area contributed by atoms with Crippen molar-refractivity contribution in [2.24, 2.45) is 9.98 Å². The van der Waals surface area contributed by atoms with E-state index in [1.807, 2.05) is 50.2 Å². The molecule has 0 spiro atoms. The third kappa shape index (κ3) is 7.36. The van der Waals surface area contributed by atoms with Gasteiger partial charge in [-0.1, -0.05) is 69.3 Å². The number of hydrogen-bond acceptors (Lipinski definition) is 2. The van der Waals surface area contributed by atoms with Crippen molar-refractivity contribution in [2.45, 2.75) is 47.0 Å². The first kappa shape index (κ1) is 25.4. The summed E-state index contributed by atoms with van der Waals surface area (Å²) >= 11 is 0.194. The maximum absolute atomic E-state index is 4.88. The SMILES string of the molecule is CC(=Nc1ccccc1C)c1ccc(C(C)=Nc2ccccc2C(C)(C)C)[n-]1.[Cl][Fe+][Cl]. The van der Waals surface area contributed by atoms with Crippen LogP contribution >= 0.6 is 20.2 Å². The summed E-state index contributed by atoms with van der Waals surface area (Å²) in [4.78, 5) is 14.4. The van der Waals surface area contributed by atoms with Gasteiger partial charge in [0.1, 0.15) is 0 Å². The van der Waals surface area contributed by atoms with Gasteiger partial charge in [-0.25, -0.2) is 0 Å². The quantitative estimate of drug-likeness (QED) is 0.267. The fourth-order valence-corrected chi connectivity index (χ4v) is 3.14. The summed E-state index contributed by atoms with van der Waals surface area (Å²) in [7, 11) is 9.53. The van der Waals surface area contributed by atoms with Crippen LogP contribution in [0, 0.1) is 6.92 Å². The van der Waals surface area contributed by atoms with Crippen molar-refractivity contribution < 1.29 is 13.1 Å². The van der Waals surface area contributed by atoms with Gasteiger partial charge < -0.3 is 4.98 Å². The molecule has 0 aliphatic heterocycles. The number of benzene rings is 2. The predicted octanol–water partition coefficient (Wildman–Crippen LogP) is 7.91. The Hall–Kier alpha value is -1.84. The molecule has 0 aliphatic carbocycles. The number of nitrogens with zero attached hydrogens (tertiary/aromatic N) is 3. The van der Waals surface area contributed by atoms with Crippen LogP contribution in [0.15, 0.2) is 70.6 Å². The first-order valence-corrected chi connectivity index (χ1v) is 13.0. The Bertz CT molecular complexity index is 1060. The second-order valence-electron chi connectivity index (χ2n) is 8.21. The molecule has 165 valence electrons. The molecule has 0 amide bonds. The molecule has 0 unspecified atom stereocenters. The van der Waals surface area contributed by atoms with Gasteiger partial charge >= 0.3 is 33.3 Å². The van der Waals surface area contributed by atoms with Crippen LogP contribution in [0.2, 0.25) is 0 Å². The molecule has 0 N–H and O–H groups in total. The van der Waals surface area contributed by atoms with E-state index in [1.165, 1.54) is 5.56 Å².